The van der Waals surface area contributed by atoms with Gasteiger partial charge in [0.1, 0.15) is 19.0 Å². The highest BCUT2D eigenvalue weighted by Gasteiger charge is 2.10. The van der Waals surface area contributed by atoms with Crippen LogP contribution in [-0.2, 0) is 16.1 Å². The van der Waals surface area contributed by atoms with Gasteiger partial charge in [0.15, 0.2) is 0 Å². The Morgan fingerprint density at radius 1 is 1.00 bits per heavy atom. The minimum Gasteiger partial charge on any atom is -0.460 e. The van der Waals surface area contributed by atoms with Crippen LogP contribution >= 0.6 is 0 Å². The van der Waals surface area contributed by atoms with Crippen LogP contribution in [0, 0.1) is 5.82 Å². The summed E-state index contributed by atoms with van der Waals surface area (Å²) >= 11 is 0. The number of ether oxygens (including phenoxy) is 1. The summed E-state index contributed by atoms with van der Waals surface area (Å²) in [5.41, 5.74) is 2.33. The van der Waals surface area contributed by atoms with Crippen LogP contribution in [0.5, 0.6) is 0 Å². The van der Waals surface area contributed by atoms with Crippen LogP contribution < -0.4 is 5.32 Å². The summed E-state index contributed by atoms with van der Waals surface area (Å²) in [6, 6.07) is 18.5. The normalized spacial score (nSPS) is 10.3. The van der Waals surface area contributed by atoms with Crippen molar-refractivity contribution in [2.45, 2.75) is 6.61 Å². The third kappa shape index (κ3) is 5.22. The van der Waals surface area contributed by atoms with Crippen LogP contribution in [0.2, 0.25) is 0 Å². The number of esters is 1. The second-order valence-electron chi connectivity index (χ2n) is 5.77. The maximum absolute atomic E-state index is 13.3. The number of nitrogens with zero attached hydrogens (tertiary/aromatic N) is 1. The van der Waals surface area contributed by atoms with E-state index in [1.807, 2.05) is 30.3 Å². The molecule has 1 aromatic heterocycles. The number of carbonyl (C=O) groups is 2. The Balaban J connectivity index is 1.51. The van der Waals surface area contributed by atoms with Gasteiger partial charge in [-0.05, 0) is 29.8 Å². The van der Waals surface area contributed by atoms with Crippen molar-refractivity contribution in [3.8, 4) is 11.3 Å². The Bertz CT molecular complexity index is 928. The lowest BCUT2D eigenvalue weighted by molar-refractivity contribution is -0.143. The zero-order chi connectivity index (χ0) is 19.1. The number of amides is 1. The van der Waals surface area contributed by atoms with Gasteiger partial charge in [0.05, 0.1) is 11.3 Å². The molecule has 1 N–H and O–H groups in total. The van der Waals surface area contributed by atoms with Crippen molar-refractivity contribution in [3.05, 3.63) is 89.9 Å². The van der Waals surface area contributed by atoms with Gasteiger partial charge < -0.3 is 10.1 Å². The minimum atomic E-state index is -0.531. The molecule has 0 aliphatic heterocycles. The molecule has 0 saturated heterocycles. The molecule has 0 bridgehead atoms. The summed E-state index contributed by atoms with van der Waals surface area (Å²) in [7, 11) is 0. The Morgan fingerprint density at radius 3 is 2.52 bits per heavy atom. The molecule has 6 heteroatoms. The number of hydrogen-bond acceptors (Lipinski definition) is 4. The standard InChI is InChI=1S/C21H17FN2O3/c22-18-8-4-7-16(11-18)19-10-9-17(12-23-19)21(26)24-13-20(25)27-14-15-5-2-1-3-6-15/h1-12H,13-14H2,(H,24,26). The summed E-state index contributed by atoms with van der Waals surface area (Å²) in [6.45, 7) is -0.0866. The Hall–Kier alpha value is -3.54. The molecule has 2 aromatic carbocycles. The molecule has 0 spiro atoms. The number of nitrogens with one attached hydrogen (secondary N) is 1. The average molecular weight is 364 g/mol. The lowest BCUT2D eigenvalue weighted by Crippen LogP contribution is -2.30. The monoisotopic (exact) mass is 364 g/mol. The fraction of sp³-hybridized carbons (Fsp3) is 0.0952. The molecule has 0 aliphatic rings. The van der Waals surface area contributed by atoms with Gasteiger partial charge >= 0.3 is 5.97 Å². The Morgan fingerprint density at radius 2 is 1.81 bits per heavy atom. The number of pyridine rings is 1. The van der Waals surface area contributed by atoms with E-state index in [1.165, 1.54) is 18.3 Å². The van der Waals surface area contributed by atoms with Crippen molar-refractivity contribution in [1.82, 2.24) is 10.3 Å². The van der Waals surface area contributed by atoms with Gasteiger partial charge in [0, 0.05) is 11.8 Å². The molecule has 27 heavy (non-hydrogen) atoms. The van der Waals surface area contributed by atoms with Crippen LogP contribution in [0.3, 0.4) is 0 Å². The number of benzene rings is 2. The molecule has 0 saturated carbocycles. The number of hydrogen-bond donors (Lipinski definition) is 1. The maximum Gasteiger partial charge on any atom is 0.325 e. The van der Waals surface area contributed by atoms with Gasteiger partial charge in [-0.15, -0.1) is 0 Å². The predicted molar refractivity (Wildman–Crippen MR) is 98.2 cm³/mol. The van der Waals surface area contributed by atoms with Crippen molar-refractivity contribution in [3.63, 3.8) is 0 Å². The predicted octanol–water partition coefficient (Wildman–Crippen LogP) is 3.36. The van der Waals surface area contributed by atoms with E-state index in [4.69, 9.17) is 4.74 Å². The van der Waals surface area contributed by atoms with E-state index in [1.54, 1.807) is 24.3 Å². The lowest BCUT2D eigenvalue weighted by atomic mass is 10.1. The van der Waals surface area contributed by atoms with E-state index in [0.29, 0.717) is 16.8 Å². The van der Waals surface area contributed by atoms with E-state index in [0.717, 1.165) is 5.56 Å². The molecule has 5 nitrogen and oxygen atoms in total. The molecule has 3 aromatic rings. The fourth-order valence-corrected chi connectivity index (χ4v) is 2.39. The van der Waals surface area contributed by atoms with E-state index in [-0.39, 0.29) is 19.0 Å². The Kier molecular flexibility index (Phi) is 5.89. The van der Waals surface area contributed by atoms with Crippen LogP contribution in [-0.4, -0.2) is 23.4 Å². The first-order chi connectivity index (χ1) is 13.1. The van der Waals surface area contributed by atoms with Crippen LogP contribution in [0.15, 0.2) is 72.9 Å². The number of rotatable bonds is 6. The second-order valence-corrected chi connectivity index (χ2v) is 5.77. The molecule has 136 valence electrons. The van der Waals surface area contributed by atoms with Gasteiger partial charge in [-0.3, -0.25) is 14.6 Å². The summed E-state index contributed by atoms with van der Waals surface area (Å²) in [6.07, 6.45) is 1.38. The van der Waals surface area contributed by atoms with E-state index < -0.39 is 11.9 Å². The number of carbonyl (C=O) groups excluding carboxylic acids is 2. The topological polar surface area (TPSA) is 68.3 Å². The smallest absolute Gasteiger partial charge is 0.325 e. The van der Waals surface area contributed by atoms with Gasteiger partial charge in [-0.2, -0.15) is 0 Å². The molecule has 0 fully saturated rings. The highest BCUT2D eigenvalue weighted by molar-refractivity contribution is 5.95. The van der Waals surface area contributed by atoms with Crippen molar-refractivity contribution in [1.29, 1.82) is 0 Å². The minimum absolute atomic E-state index is 0.152. The molecule has 0 aliphatic carbocycles. The zero-order valence-electron chi connectivity index (χ0n) is 14.4. The molecule has 1 amide bonds. The molecular formula is C21H17FN2O3. The summed E-state index contributed by atoms with van der Waals surface area (Å²) in [5.74, 6) is -1.33. The molecule has 0 radical (unpaired) electrons. The first-order valence-electron chi connectivity index (χ1n) is 8.31. The highest BCUT2D eigenvalue weighted by Crippen LogP contribution is 2.17. The molecular weight excluding hydrogens is 347 g/mol. The Labute approximate surface area is 155 Å². The molecule has 0 atom stereocenters. The SMILES string of the molecule is O=C(CNC(=O)c1ccc(-c2cccc(F)c2)nc1)OCc1ccccc1. The zero-order valence-corrected chi connectivity index (χ0v) is 14.4. The van der Waals surface area contributed by atoms with Crippen LogP contribution in [0.25, 0.3) is 11.3 Å². The van der Waals surface area contributed by atoms with Crippen molar-refractivity contribution >= 4 is 11.9 Å². The third-order valence-electron chi connectivity index (χ3n) is 3.78. The van der Waals surface area contributed by atoms with Gasteiger partial charge in [-0.1, -0.05) is 42.5 Å². The number of aromatic nitrogens is 1. The highest BCUT2D eigenvalue weighted by atomic mass is 19.1. The van der Waals surface area contributed by atoms with E-state index >= 15 is 0 Å². The third-order valence-corrected chi connectivity index (χ3v) is 3.78. The molecule has 0 unspecified atom stereocenters. The van der Waals surface area contributed by atoms with Crippen molar-refractivity contribution in [2.75, 3.05) is 6.54 Å². The summed E-state index contributed by atoms with van der Waals surface area (Å²) in [5, 5.41) is 2.49. The molecule has 1 heterocycles. The second kappa shape index (κ2) is 8.71. The van der Waals surface area contributed by atoms with Crippen LogP contribution in [0.1, 0.15) is 15.9 Å². The van der Waals surface area contributed by atoms with E-state index in [2.05, 4.69) is 10.3 Å². The summed E-state index contributed by atoms with van der Waals surface area (Å²) < 4.78 is 18.4. The quantitative estimate of drug-likeness (QED) is 0.681. The van der Waals surface area contributed by atoms with Crippen LogP contribution in [0.4, 0.5) is 4.39 Å². The van der Waals surface area contributed by atoms with Crippen molar-refractivity contribution in [2.24, 2.45) is 0 Å². The average Bonchev–Trinajstić information content (AvgIpc) is 2.71. The van der Waals surface area contributed by atoms with E-state index in [9.17, 15) is 14.0 Å². The fourth-order valence-electron chi connectivity index (χ4n) is 2.39. The molecule has 3 rings (SSSR count). The largest absolute Gasteiger partial charge is 0.460 e. The number of halogens is 1. The van der Waals surface area contributed by atoms with Gasteiger partial charge in [0.2, 0.25) is 0 Å². The first-order valence-corrected chi connectivity index (χ1v) is 8.31. The van der Waals surface area contributed by atoms with Crippen molar-refractivity contribution < 1.29 is 18.7 Å². The summed E-state index contributed by atoms with van der Waals surface area (Å²) in [4.78, 5) is 28.0. The van der Waals surface area contributed by atoms with Gasteiger partial charge in [0.25, 0.3) is 5.91 Å². The first kappa shape index (κ1) is 18.3. The van der Waals surface area contributed by atoms with Gasteiger partial charge in [-0.25, -0.2) is 4.39 Å². The lowest BCUT2D eigenvalue weighted by Gasteiger charge is -2.07. The maximum atomic E-state index is 13.3.